The van der Waals surface area contributed by atoms with Crippen LogP contribution in [-0.2, 0) is 9.59 Å². The fourth-order valence-electron chi connectivity index (χ4n) is 4.03. The predicted octanol–water partition coefficient (Wildman–Crippen LogP) is 8.37. The molecule has 0 aromatic rings. The fraction of sp³-hybridized carbons (Fsp3) is 0.929. The van der Waals surface area contributed by atoms with Crippen molar-refractivity contribution in [3.63, 3.8) is 0 Å². The molecule has 0 aliphatic heterocycles. The molecule has 0 aliphatic carbocycles. The molecule has 0 radical (unpaired) electrons. The van der Waals surface area contributed by atoms with Crippen LogP contribution in [0.5, 0.6) is 0 Å². The van der Waals surface area contributed by atoms with Crippen molar-refractivity contribution in [2.45, 2.75) is 155 Å². The number of carboxylic acids is 2. The van der Waals surface area contributed by atoms with Gasteiger partial charge in [0.15, 0.2) is 0 Å². The van der Waals surface area contributed by atoms with Crippen LogP contribution < -0.4 is 0 Å². The Labute approximate surface area is 204 Å². The summed E-state index contributed by atoms with van der Waals surface area (Å²) in [4.78, 5) is 19.3. The molecular formula is C28H56O5. The molecule has 5 nitrogen and oxygen atoms in total. The lowest BCUT2D eigenvalue weighted by Crippen LogP contribution is -2.06. The van der Waals surface area contributed by atoms with E-state index in [-0.39, 0.29) is 12.8 Å². The second-order valence-electron chi connectivity index (χ2n) is 9.57. The van der Waals surface area contributed by atoms with E-state index < -0.39 is 11.9 Å². The third kappa shape index (κ3) is 33.2. The van der Waals surface area contributed by atoms with E-state index in [4.69, 9.17) is 10.2 Å². The highest BCUT2D eigenvalue weighted by Crippen LogP contribution is 2.19. The van der Waals surface area contributed by atoms with E-state index in [0.29, 0.717) is 12.5 Å². The van der Waals surface area contributed by atoms with Crippen LogP contribution in [0.1, 0.15) is 155 Å². The average molecular weight is 473 g/mol. The lowest BCUT2D eigenvalue weighted by atomic mass is 9.94. The Bertz CT molecular complexity index is 397. The normalized spacial score (nSPS) is 11.6. The van der Waals surface area contributed by atoms with Crippen molar-refractivity contribution >= 4 is 11.9 Å². The second kappa shape index (κ2) is 28.9. The molecule has 0 spiro atoms. The van der Waals surface area contributed by atoms with E-state index in [2.05, 4.69) is 13.8 Å². The molecule has 198 valence electrons. The third-order valence-corrected chi connectivity index (χ3v) is 6.24. The van der Waals surface area contributed by atoms with Gasteiger partial charge in [-0.15, -0.1) is 0 Å². The summed E-state index contributed by atoms with van der Waals surface area (Å²) in [7, 11) is 0. The van der Waals surface area contributed by atoms with Gasteiger partial charge in [-0.1, -0.05) is 129 Å². The predicted molar refractivity (Wildman–Crippen MR) is 139 cm³/mol. The number of aliphatic hydroxyl groups excluding tert-OH is 1. The number of aliphatic hydroxyl groups is 1. The smallest absolute Gasteiger partial charge is 0.303 e. The number of rotatable bonds is 24. The van der Waals surface area contributed by atoms with Gasteiger partial charge < -0.3 is 15.3 Å². The molecule has 0 saturated heterocycles. The van der Waals surface area contributed by atoms with E-state index in [1.165, 1.54) is 128 Å². The Morgan fingerprint density at radius 3 is 1.03 bits per heavy atom. The van der Waals surface area contributed by atoms with Crippen LogP contribution in [0.4, 0.5) is 0 Å². The summed E-state index contributed by atoms with van der Waals surface area (Å²) < 4.78 is 0. The molecule has 0 aromatic carbocycles. The maximum absolute atomic E-state index is 9.64. The van der Waals surface area contributed by atoms with Crippen LogP contribution >= 0.6 is 0 Å². The van der Waals surface area contributed by atoms with Crippen molar-refractivity contribution in [1.82, 2.24) is 0 Å². The van der Waals surface area contributed by atoms with E-state index >= 15 is 0 Å². The molecule has 0 fully saturated rings. The van der Waals surface area contributed by atoms with Crippen molar-refractivity contribution in [2.24, 2.45) is 5.92 Å². The number of hydrogen-bond donors (Lipinski definition) is 3. The average Bonchev–Trinajstić information content (AvgIpc) is 2.79. The van der Waals surface area contributed by atoms with Crippen molar-refractivity contribution in [3.8, 4) is 0 Å². The first-order valence-corrected chi connectivity index (χ1v) is 14.0. The number of unbranched alkanes of at least 4 members (excludes halogenated alkanes) is 16. The Hall–Kier alpha value is -1.10. The Morgan fingerprint density at radius 1 is 0.515 bits per heavy atom. The lowest BCUT2D eigenvalue weighted by molar-refractivity contribution is -0.143. The van der Waals surface area contributed by atoms with Gasteiger partial charge in [-0.2, -0.15) is 0 Å². The quantitative estimate of drug-likeness (QED) is 0.123. The zero-order chi connectivity index (χ0) is 25.0. The van der Waals surface area contributed by atoms with Crippen LogP contribution in [0.2, 0.25) is 0 Å². The molecule has 0 amide bonds. The molecule has 3 N–H and O–H groups in total. The van der Waals surface area contributed by atoms with Crippen molar-refractivity contribution < 1.29 is 24.9 Å². The fourth-order valence-corrected chi connectivity index (χ4v) is 4.03. The van der Waals surface area contributed by atoms with Gasteiger partial charge in [-0.05, 0) is 18.8 Å². The van der Waals surface area contributed by atoms with Crippen LogP contribution in [0, 0.1) is 5.92 Å². The zero-order valence-electron chi connectivity index (χ0n) is 22.0. The molecule has 33 heavy (non-hydrogen) atoms. The van der Waals surface area contributed by atoms with Crippen LogP contribution in [0.15, 0.2) is 0 Å². The minimum Gasteiger partial charge on any atom is -0.481 e. The highest BCUT2D eigenvalue weighted by Gasteiger charge is 2.07. The van der Waals surface area contributed by atoms with Crippen molar-refractivity contribution in [3.05, 3.63) is 0 Å². The molecule has 0 saturated carbocycles. The summed E-state index contributed by atoms with van der Waals surface area (Å²) in [5.41, 5.74) is 0. The van der Waals surface area contributed by atoms with Crippen molar-refractivity contribution in [1.29, 1.82) is 0 Å². The minimum atomic E-state index is -1.08. The number of hydrogen-bond acceptors (Lipinski definition) is 3. The molecule has 0 rings (SSSR count). The van der Waals surface area contributed by atoms with E-state index in [9.17, 15) is 14.7 Å². The summed E-state index contributed by atoms with van der Waals surface area (Å²) in [6.07, 6.45) is 27.1. The first-order valence-electron chi connectivity index (χ1n) is 14.0. The summed E-state index contributed by atoms with van der Waals surface area (Å²) in [5, 5.41) is 25.4. The number of carboxylic acid groups (broad SMARTS) is 2. The van der Waals surface area contributed by atoms with Crippen LogP contribution in [-0.4, -0.2) is 33.9 Å². The highest BCUT2D eigenvalue weighted by atomic mass is 16.4. The first kappa shape index (κ1) is 34.1. The number of carbonyl (C=O) groups is 2. The monoisotopic (exact) mass is 472 g/mol. The summed E-state index contributed by atoms with van der Waals surface area (Å²) >= 11 is 0. The van der Waals surface area contributed by atoms with Crippen LogP contribution in [0.25, 0.3) is 0 Å². The maximum atomic E-state index is 9.64. The number of aliphatic carboxylic acids is 2. The summed E-state index contributed by atoms with van der Waals surface area (Å²) in [5.74, 6) is -1.58. The standard InChI is InChI=1S/C24H50O.C4H6O4/c1-3-5-7-9-11-13-14-16-18-20-22-24(23-25)21-19-17-15-12-10-8-6-4-2;5-3(6)1-2-4(7)8/h24-25H,3-23H2,1-2H3;1-2H2,(H,5,6)(H,7,8). The van der Waals surface area contributed by atoms with E-state index in [1.807, 2.05) is 0 Å². The van der Waals surface area contributed by atoms with E-state index in [1.54, 1.807) is 0 Å². The Morgan fingerprint density at radius 2 is 0.788 bits per heavy atom. The van der Waals surface area contributed by atoms with Gasteiger partial charge in [0, 0.05) is 6.61 Å². The molecule has 5 heteroatoms. The third-order valence-electron chi connectivity index (χ3n) is 6.24. The molecule has 1 atom stereocenters. The maximum Gasteiger partial charge on any atom is 0.303 e. The van der Waals surface area contributed by atoms with Gasteiger partial charge in [0.05, 0.1) is 12.8 Å². The van der Waals surface area contributed by atoms with Gasteiger partial charge >= 0.3 is 11.9 Å². The SMILES string of the molecule is CCCCCCCCCCCCC(CO)CCCCCCCCCC.O=C(O)CCC(=O)O. The zero-order valence-corrected chi connectivity index (χ0v) is 22.0. The molecule has 0 bridgehead atoms. The topological polar surface area (TPSA) is 94.8 Å². The van der Waals surface area contributed by atoms with Gasteiger partial charge in [0.25, 0.3) is 0 Å². The molecule has 0 aliphatic rings. The summed E-state index contributed by atoms with van der Waals surface area (Å²) in [6.45, 7) is 4.98. The van der Waals surface area contributed by atoms with Gasteiger partial charge in [-0.3, -0.25) is 9.59 Å². The highest BCUT2D eigenvalue weighted by molar-refractivity contribution is 5.75. The van der Waals surface area contributed by atoms with Crippen LogP contribution in [0.3, 0.4) is 0 Å². The van der Waals surface area contributed by atoms with Gasteiger partial charge in [0.2, 0.25) is 0 Å². The molecular weight excluding hydrogens is 416 g/mol. The van der Waals surface area contributed by atoms with Gasteiger partial charge in [0.1, 0.15) is 0 Å². The largest absolute Gasteiger partial charge is 0.481 e. The molecule has 0 heterocycles. The molecule has 0 aromatic heterocycles. The van der Waals surface area contributed by atoms with Crippen molar-refractivity contribution in [2.75, 3.05) is 6.61 Å². The minimum absolute atomic E-state index is 0.296. The second-order valence-corrected chi connectivity index (χ2v) is 9.57. The molecule has 1 unspecified atom stereocenters. The Balaban J connectivity index is 0. The first-order chi connectivity index (χ1) is 16.0. The lowest BCUT2D eigenvalue weighted by Gasteiger charge is -2.13. The Kier molecular flexibility index (Phi) is 29.9. The summed E-state index contributed by atoms with van der Waals surface area (Å²) in [6, 6.07) is 0. The van der Waals surface area contributed by atoms with E-state index in [0.717, 1.165) is 0 Å². The van der Waals surface area contributed by atoms with Gasteiger partial charge in [-0.25, -0.2) is 0 Å².